The van der Waals surface area contributed by atoms with Crippen molar-refractivity contribution in [3.05, 3.63) is 34.3 Å². The van der Waals surface area contributed by atoms with E-state index in [1.165, 1.54) is 5.56 Å². The van der Waals surface area contributed by atoms with E-state index >= 15 is 0 Å². The Hall–Kier alpha value is -1.86. The predicted octanol–water partition coefficient (Wildman–Crippen LogP) is 3.97. The molecule has 0 bridgehead atoms. The molecule has 26 heavy (non-hydrogen) atoms. The molecule has 0 radical (unpaired) electrons. The number of rotatable bonds is 4. The summed E-state index contributed by atoms with van der Waals surface area (Å²) in [5.41, 5.74) is 2.18. The highest BCUT2D eigenvalue weighted by Crippen LogP contribution is 2.26. The number of morpholine rings is 1. The Morgan fingerprint density at radius 1 is 1.15 bits per heavy atom. The van der Waals surface area contributed by atoms with E-state index < -0.39 is 0 Å². The molecule has 1 aromatic carbocycles. The van der Waals surface area contributed by atoms with Crippen LogP contribution in [0.5, 0.6) is 0 Å². The zero-order valence-corrected chi connectivity index (χ0v) is 17.5. The fourth-order valence-corrected chi connectivity index (χ4v) is 3.40. The number of hydrogen-bond donors (Lipinski definition) is 1. The van der Waals surface area contributed by atoms with E-state index in [-0.39, 0.29) is 12.2 Å². The van der Waals surface area contributed by atoms with Gasteiger partial charge in [-0.1, -0.05) is 22.0 Å². The molecule has 1 aliphatic heterocycles. The number of anilines is 4. The first-order chi connectivity index (χ1) is 12.3. The van der Waals surface area contributed by atoms with Gasteiger partial charge in [0, 0.05) is 43.4 Å². The standard InChI is InChI=1S/C19H26BrN5O/c1-12-6-7-15(8-16(12)20)21-17-9-18(24(4)5)23-19(22-17)25-10-13(2)26-14(3)11-25/h6-9,13-14H,10-11H2,1-5H3,(H,21,22,23)/t13-,14+. The van der Waals surface area contributed by atoms with Gasteiger partial charge in [0.2, 0.25) is 5.95 Å². The molecule has 140 valence electrons. The largest absolute Gasteiger partial charge is 0.372 e. The monoisotopic (exact) mass is 419 g/mol. The molecule has 7 heteroatoms. The van der Waals surface area contributed by atoms with Crippen LogP contribution < -0.4 is 15.1 Å². The Bertz CT molecular complexity index is 773. The maximum atomic E-state index is 5.84. The van der Waals surface area contributed by atoms with Crippen LogP contribution in [0.1, 0.15) is 19.4 Å². The number of nitrogens with one attached hydrogen (secondary N) is 1. The van der Waals surface area contributed by atoms with Crippen molar-refractivity contribution in [2.75, 3.05) is 42.3 Å². The summed E-state index contributed by atoms with van der Waals surface area (Å²) in [5.74, 6) is 2.38. The number of benzene rings is 1. The highest BCUT2D eigenvalue weighted by atomic mass is 79.9. The van der Waals surface area contributed by atoms with Gasteiger partial charge in [-0.25, -0.2) is 0 Å². The van der Waals surface area contributed by atoms with Gasteiger partial charge in [0.25, 0.3) is 0 Å². The van der Waals surface area contributed by atoms with Crippen LogP contribution >= 0.6 is 15.9 Å². The van der Waals surface area contributed by atoms with Gasteiger partial charge in [-0.15, -0.1) is 0 Å². The molecule has 0 spiro atoms. The maximum Gasteiger partial charge on any atom is 0.229 e. The third-order valence-electron chi connectivity index (χ3n) is 4.31. The SMILES string of the molecule is Cc1ccc(Nc2cc(N(C)C)nc(N3C[C@@H](C)O[C@@H](C)C3)n2)cc1Br. The van der Waals surface area contributed by atoms with Gasteiger partial charge in [0.05, 0.1) is 12.2 Å². The van der Waals surface area contributed by atoms with Gasteiger partial charge in [-0.2, -0.15) is 9.97 Å². The van der Waals surface area contributed by atoms with Crippen LogP contribution in [-0.4, -0.2) is 49.4 Å². The molecule has 0 aliphatic carbocycles. The summed E-state index contributed by atoms with van der Waals surface area (Å²) >= 11 is 3.58. The Morgan fingerprint density at radius 3 is 2.46 bits per heavy atom. The van der Waals surface area contributed by atoms with E-state index in [2.05, 4.69) is 65.1 Å². The van der Waals surface area contributed by atoms with Crippen molar-refractivity contribution in [3.63, 3.8) is 0 Å². The smallest absolute Gasteiger partial charge is 0.229 e. The van der Waals surface area contributed by atoms with Crippen LogP contribution in [0.4, 0.5) is 23.3 Å². The van der Waals surface area contributed by atoms with Gasteiger partial charge in [-0.3, -0.25) is 0 Å². The molecule has 1 N–H and O–H groups in total. The highest BCUT2D eigenvalue weighted by Gasteiger charge is 2.25. The molecule has 6 nitrogen and oxygen atoms in total. The van der Waals surface area contributed by atoms with Crippen LogP contribution in [0.15, 0.2) is 28.7 Å². The first kappa shape index (κ1) is 18.9. The van der Waals surface area contributed by atoms with Crippen LogP contribution in [0.3, 0.4) is 0 Å². The van der Waals surface area contributed by atoms with E-state index in [1.54, 1.807) is 0 Å². The molecule has 2 atom stereocenters. The summed E-state index contributed by atoms with van der Waals surface area (Å²) in [6.45, 7) is 7.82. The van der Waals surface area contributed by atoms with E-state index in [0.29, 0.717) is 0 Å². The summed E-state index contributed by atoms with van der Waals surface area (Å²) in [5, 5.41) is 3.40. The lowest BCUT2D eigenvalue weighted by molar-refractivity contribution is -0.00570. The molecule has 2 heterocycles. The minimum atomic E-state index is 0.162. The normalized spacial score (nSPS) is 20.2. The average molecular weight is 420 g/mol. The second kappa shape index (κ2) is 7.80. The van der Waals surface area contributed by atoms with Crippen molar-refractivity contribution in [1.82, 2.24) is 9.97 Å². The lowest BCUT2D eigenvalue weighted by Crippen LogP contribution is -2.46. The minimum absolute atomic E-state index is 0.162. The van der Waals surface area contributed by atoms with Crippen LogP contribution in [0, 0.1) is 6.92 Å². The molecule has 0 unspecified atom stereocenters. The van der Waals surface area contributed by atoms with Crippen molar-refractivity contribution >= 4 is 39.2 Å². The minimum Gasteiger partial charge on any atom is -0.372 e. The number of hydrogen-bond acceptors (Lipinski definition) is 6. The first-order valence-corrected chi connectivity index (χ1v) is 9.61. The zero-order chi connectivity index (χ0) is 18.8. The van der Waals surface area contributed by atoms with Crippen molar-refractivity contribution < 1.29 is 4.74 Å². The fourth-order valence-electron chi connectivity index (χ4n) is 3.02. The van der Waals surface area contributed by atoms with Crippen molar-refractivity contribution in [2.45, 2.75) is 33.0 Å². The maximum absolute atomic E-state index is 5.84. The zero-order valence-electron chi connectivity index (χ0n) is 16.0. The van der Waals surface area contributed by atoms with Gasteiger partial charge in [0.1, 0.15) is 11.6 Å². The molecule has 2 aromatic rings. The molecule has 0 amide bonds. The van der Waals surface area contributed by atoms with Crippen LogP contribution in [0.2, 0.25) is 0 Å². The first-order valence-electron chi connectivity index (χ1n) is 8.82. The van der Waals surface area contributed by atoms with Crippen molar-refractivity contribution in [1.29, 1.82) is 0 Å². The molecule has 1 saturated heterocycles. The lowest BCUT2D eigenvalue weighted by atomic mass is 10.2. The number of nitrogens with zero attached hydrogens (tertiary/aromatic N) is 4. The lowest BCUT2D eigenvalue weighted by Gasteiger charge is -2.35. The summed E-state index contributed by atoms with van der Waals surface area (Å²) in [4.78, 5) is 13.7. The van der Waals surface area contributed by atoms with Crippen LogP contribution in [-0.2, 0) is 4.74 Å². The fraction of sp³-hybridized carbons (Fsp3) is 0.474. The number of aromatic nitrogens is 2. The van der Waals surface area contributed by atoms with E-state index in [0.717, 1.165) is 40.8 Å². The van der Waals surface area contributed by atoms with E-state index in [1.807, 2.05) is 25.1 Å². The Balaban J connectivity index is 1.92. The van der Waals surface area contributed by atoms with Crippen LogP contribution in [0.25, 0.3) is 0 Å². The average Bonchev–Trinajstić information content (AvgIpc) is 2.57. The molecule has 0 saturated carbocycles. The summed E-state index contributed by atoms with van der Waals surface area (Å²) in [6.07, 6.45) is 0.324. The molecular weight excluding hydrogens is 394 g/mol. The predicted molar refractivity (Wildman–Crippen MR) is 111 cm³/mol. The van der Waals surface area contributed by atoms with Gasteiger partial charge in [-0.05, 0) is 38.5 Å². The number of aryl methyl sites for hydroxylation is 1. The Labute approximate surface area is 163 Å². The Morgan fingerprint density at radius 2 is 1.85 bits per heavy atom. The Kier molecular flexibility index (Phi) is 5.67. The third kappa shape index (κ3) is 4.45. The molecule has 1 fully saturated rings. The molecule has 1 aliphatic rings. The highest BCUT2D eigenvalue weighted by molar-refractivity contribution is 9.10. The van der Waals surface area contributed by atoms with E-state index in [9.17, 15) is 0 Å². The second-order valence-electron chi connectivity index (χ2n) is 7.06. The number of halogens is 1. The van der Waals surface area contributed by atoms with Gasteiger partial charge < -0.3 is 19.9 Å². The van der Waals surface area contributed by atoms with Crippen molar-refractivity contribution in [2.24, 2.45) is 0 Å². The second-order valence-corrected chi connectivity index (χ2v) is 7.91. The summed E-state index contributed by atoms with van der Waals surface area (Å²) in [7, 11) is 3.98. The van der Waals surface area contributed by atoms with Gasteiger partial charge >= 0.3 is 0 Å². The van der Waals surface area contributed by atoms with E-state index in [4.69, 9.17) is 14.7 Å². The van der Waals surface area contributed by atoms with Crippen molar-refractivity contribution in [3.8, 4) is 0 Å². The number of ether oxygens (including phenoxy) is 1. The third-order valence-corrected chi connectivity index (χ3v) is 5.16. The van der Waals surface area contributed by atoms with Gasteiger partial charge in [0.15, 0.2) is 0 Å². The molecule has 1 aromatic heterocycles. The quantitative estimate of drug-likeness (QED) is 0.808. The molecule has 3 rings (SSSR count). The topological polar surface area (TPSA) is 53.5 Å². The molecular formula is C19H26BrN5O. The summed E-state index contributed by atoms with van der Waals surface area (Å²) in [6, 6.07) is 8.15. The summed E-state index contributed by atoms with van der Waals surface area (Å²) < 4.78 is 6.91.